The normalized spacial score (nSPS) is 11.4. The summed E-state index contributed by atoms with van der Waals surface area (Å²) in [5, 5.41) is 4.71. The van der Waals surface area contributed by atoms with Crippen LogP contribution in [0, 0.1) is 0 Å². The highest BCUT2D eigenvalue weighted by atomic mass is 32.1. The van der Waals surface area contributed by atoms with Crippen molar-refractivity contribution < 1.29 is 4.42 Å². The van der Waals surface area contributed by atoms with E-state index in [1.54, 1.807) is 0 Å². The van der Waals surface area contributed by atoms with Crippen LogP contribution < -0.4 is 14.7 Å². The molecule has 4 nitrogen and oxygen atoms in total. The zero-order chi connectivity index (χ0) is 47.1. The molecule has 0 radical (unpaired) electrons. The van der Waals surface area contributed by atoms with E-state index in [9.17, 15) is 0 Å². The second kappa shape index (κ2) is 18.1. The van der Waals surface area contributed by atoms with Crippen LogP contribution in [0.25, 0.3) is 64.4 Å². The smallest absolute Gasteiger partial charge is 0.135 e. The molecule has 0 unspecified atom stereocenters. The van der Waals surface area contributed by atoms with Gasteiger partial charge in [-0.05, 0) is 131 Å². The minimum atomic E-state index is 0.895. The largest absolute Gasteiger partial charge is 0.456 e. The predicted octanol–water partition coefficient (Wildman–Crippen LogP) is 19.7. The molecule has 0 aliphatic rings. The summed E-state index contributed by atoms with van der Waals surface area (Å²) in [5.74, 6) is 0. The molecule has 11 aromatic carbocycles. The molecule has 0 fully saturated rings. The van der Waals surface area contributed by atoms with Crippen molar-refractivity contribution in [1.82, 2.24) is 0 Å². The molecular weight excluding hydrogens is 883 g/mol. The number of fused-ring (bicyclic) bond motifs is 6. The molecule has 0 aliphatic heterocycles. The van der Waals surface area contributed by atoms with Gasteiger partial charge in [0.15, 0.2) is 0 Å². The number of furan rings is 1. The van der Waals surface area contributed by atoms with Gasteiger partial charge in [-0.1, -0.05) is 164 Å². The molecule has 2 aromatic heterocycles. The van der Waals surface area contributed by atoms with Gasteiger partial charge in [0.25, 0.3) is 0 Å². The first-order valence-electron chi connectivity index (χ1n) is 24.0. The molecular formula is C66H45N3OS. The molecule has 0 bridgehead atoms. The number of thiophene rings is 1. The Kier molecular flexibility index (Phi) is 10.7. The van der Waals surface area contributed by atoms with E-state index in [2.05, 4.69) is 276 Å². The molecule has 0 amide bonds. The van der Waals surface area contributed by atoms with Gasteiger partial charge in [0.05, 0.1) is 21.8 Å². The topological polar surface area (TPSA) is 22.9 Å². The fourth-order valence-corrected chi connectivity index (χ4v) is 11.3. The van der Waals surface area contributed by atoms with Crippen molar-refractivity contribution in [3.05, 3.63) is 273 Å². The fourth-order valence-electron chi connectivity index (χ4n) is 10.1. The van der Waals surface area contributed by atoms with E-state index in [0.29, 0.717) is 0 Å². The second-order valence-corrected chi connectivity index (χ2v) is 18.8. The van der Waals surface area contributed by atoms with Crippen LogP contribution in [0.3, 0.4) is 0 Å². The standard InChI is InChI=1S/C66H45N3OS/c1-5-19-46(20-6-1)48-21-17-28-54(43-48)69(55-40-41-57-58-30-18-33-62(66(58)71-65(57)45-55)68(51-24-9-3-10-25-51)52-26-11-4-12-27-52)61-32-15-14-31-60(61)67(50-22-7-2-8-23-50)53-38-35-47(36-39-53)49-37-42-64-59(44-49)56-29-13-16-34-63(56)70-64/h1-45H. The summed E-state index contributed by atoms with van der Waals surface area (Å²) in [6, 6.07) is 97.8. The number of hydrogen-bond donors (Lipinski definition) is 0. The van der Waals surface area contributed by atoms with Gasteiger partial charge in [-0.2, -0.15) is 0 Å². The van der Waals surface area contributed by atoms with Crippen LogP contribution in [0.15, 0.2) is 277 Å². The Hall–Kier alpha value is -9.16. The van der Waals surface area contributed by atoms with Gasteiger partial charge in [0.2, 0.25) is 0 Å². The molecule has 2 heterocycles. The van der Waals surface area contributed by atoms with Crippen molar-refractivity contribution in [1.29, 1.82) is 0 Å². The van der Waals surface area contributed by atoms with Gasteiger partial charge in [-0.3, -0.25) is 0 Å². The van der Waals surface area contributed by atoms with Crippen LogP contribution in [-0.4, -0.2) is 0 Å². The molecule has 0 N–H and O–H groups in total. The molecule has 0 atom stereocenters. The lowest BCUT2D eigenvalue weighted by Crippen LogP contribution is -2.17. The van der Waals surface area contributed by atoms with Crippen LogP contribution in [-0.2, 0) is 0 Å². The Bertz CT molecular complexity index is 3960. The van der Waals surface area contributed by atoms with Crippen molar-refractivity contribution in [2.24, 2.45) is 0 Å². The minimum Gasteiger partial charge on any atom is -0.456 e. The highest BCUT2D eigenvalue weighted by Gasteiger charge is 2.24. The lowest BCUT2D eigenvalue weighted by Gasteiger charge is -2.33. The zero-order valence-corrected chi connectivity index (χ0v) is 39.5. The van der Waals surface area contributed by atoms with Crippen LogP contribution in [0.4, 0.5) is 51.2 Å². The van der Waals surface area contributed by atoms with E-state index in [1.807, 2.05) is 23.5 Å². The summed E-state index contributed by atoms with van der Waals surface area (Å²) in [7, 11) is 0. The third kappa shape index (κ3) is 7.75. The number of hydrogen-bond acceptors (Lipinski definition) is 5. The summed E-state index contributed by atoms with van der Waals surface area (Å²) in [6.07, 6.45) is 0. The second-order valence-electron chi connectivity index (χ2n) is 17.7. The molecule has 336 valence electrons. The quantitative estimate of drug-likeness (QED) is 0.129. The molecule has 0 saturated carbocycles. The molecule has 13 rings (SSSR count). The molecule has 0 spiro atoms. The summed E-state index contributed by atoms with van der Waals surface area (Å²) < 4.78 is 8.63. The average Bonchev–Trinajstić information content (AvgIpc) is 4.01. The Morgan fingerprint density at radius 3 is 1.38 bits per heavy atom. The van der Waals surface area contributed by atoms with Crippen molar-refractivity contribution in [3.8, 4) is 22.3 Å². The van der Waals surface area contributed by atoms with E-state index < -0.39 is 0 Å². The van der Waals surface area contributed by atoms with Gasteiger partial charge in [0.1, 0.15) is 11.2 Å². The lowest BCUT2D eigenvalue weighted by atomic mass is 10.0. The van der Waals surface area contributed by atoms with Crippen LogP contribution in [0.1, 0.15) is 0 Å². The van der Waals surface area contributed by atoms with Crippen LogP contribution in [0.5, 0.6) is 0 Å². The van der Waals surface area contributed by atoms with E-state index >= 15 is 0 Å². The minimum absolute atomic E-state index is 0.895. The summed E-state index contributed by atoms with van der Waals surface area (Å²) >= 11 is 1.85. The maximum absolute atomic E-state index is 6.18. The summed E-state index contributed by atoms with van der Waals surface area (Å²) in [4.78, 5) is 7.19. The van der Waals surface area contributed by atoms with E-state index in [1.165, 1.54) is 25.7 Å². The third-order valence-electron chi connectivity index (χ3n) is 13.4. The van der Waals surface area contributed by atoms with Crippen molar-refractivity contribution in [2.75, 3.05) is 14.7 Å². The maximum Gasteiger partial charge on any atom is 0.135 e. The first kappa shape index (κ1) is 42.0. The number of nitrogens with zero attached hydrogens (tertiary/aromatic N) is 3. The average molecular weight is 928 g/mol. The number of anilines is 9. The first-order valence-corrected chi connectivity index (χ1v) is 24.8. The van der Waals surface area contributed by atoms with Gasteiger partial charge < -0.3 is 19.1 Å². The van der Waals surface area contributed by atoms with E-state index in [4.69, 9.17) is 4.42 Å². The molecule has 13 aromatic rings. The zero-order valence-electron chi connectivity index (χ0n) is 38.6. The van der Waals surface area contributed by atoms with Gasteiger partial charge in [-0.25, -0.2) is 0 Å². The Labute approximate surface area is 416 Å². The summed E-state index contributed by atoms with van der Waals surface area (Å²) in [5.41, 5.74) is 16.1. The first-order chi connectivity index (χ1) is 35.2. The lowest BCUT2D eigenvalue weighted by molar-refractivity contribution is 0.669. The highest BCUT2D eigenvalue weighted by Crippen LogP contribution is 2.50. The van der Waals surface area contributed by atoms with E-state index in [-0.39, 0.29) is 0 Å². The van der Waals surface area contributed by atoms with Gasteiger partial charge in [0, 0.05) is 60.4 Å². The van der Waals surface area contributed by atoms with E-state index in [0.717, 1.165) is 89.8 Å². The maximum atomic E-state index is 6.18. The van der Waals surface area contributed by atoms with Gasteiger partial charge in [-0.15, -0.1) is 11.3 Å². The Morgan fingerprint density at radius 2 is 0.690 bits per heavy atom. The molecule has 71 heavy (non-hydrogen) atoms. The van der Waals surface area contributed by atoms with Crippen molar-refractivity contribution >= 4 is 105 Å². The molecule has 0 saturated heterocycles. The molecule has 5 heteroatoms. The number of rotatable bonds is 11. The predicted molar refractivity (Wildman–Crippen MR) is 302 cm³/mol. The highest BCUT2D eigenvalue weighted by molar-refractivity contribution is 7.26. The van der Waals surface area contributed by atoms with Crippen LogP contribution in [0.2, 0.25) is 0 Å². The van der Waals surface area contributed by atoms with Gasteiger partial charge >= 0.3 is 0 Å². The Morgan fingerprint density at radius 1 is 0.254 bits per heavy atom. The third-order valence-corrected chi connectivity index (χ3v) is 14.6. The van der Waals surface area contributed by atoms with Crippen molar-refractivity contribution in [3.63, 3.8) is 0 Å². The Balaban J connectivity index is 0.968. The SMILES string of the molecule is c1ccc(-c2cccc(N(c3ccc4c(c3)sc3c(N(c5ccccc5)c5ccccc5)cccc34)c3ccccc3N(c3ccccc3)c3ccc(-c4ccc5oc6ccccc6c5c4)cc3)c2)cc1. The molecule has 0 aliphatic carbocycles. The summed E-state index contributed by atoms with van der Waals surface area (Å²) in [6.45, 7) is 0. The fraction of sp³-hybridized carbons (Fsp3) is 0. The monoisotopic (exact) mass is 927 g/mol. The van der Waals surface area contributed by atoms with Crippen LogP contribution >= 0.6 is 11.3 Å². The number of para-hydroxylation sites is 6. The number of benzene rings is 11. The van der Waals surface area contributed by atoms with Crippen molar-refractivity contribution in [2.45, 2.75) is 0 Å².